The number of rotatable bonds is 6. The third-order valence-electron chi connectivity index (χ3n) is 4.71. The number of amides is 1. The summed E-state index contributed by atoms with van der Waals surface area (Å²) in [4.78, 5) is 14.0. The molecule has 1 aliphatic rings. The highest BCUT2D eigenvalue weighted by atomic mass is 16.5. The zero-order valence-electron chi connectivity index (χ0n) is 15.7. The number of anilines is 2. The molecule has 0 spiro atoms. The number of carbonyl (C=O) groups excluding carboxylic acids is 1. The molecule has 0 radical (unpaired) electrons. The smallest absolute Gasteiger partial charge is 0.224 e. The molecule has 138 valence electrons. The Kier molecular flexibility index (Phi) is 5.66. The molecule has 2 aromatic rings. The molecule has 5 heteroatoms. The first kappa shape index (κ1) is 18.1. The van der Waals surface area contributed by atoms with E-state index >= 15 is 0 Å². The Morgan fingerprint density at radius 1 is 1.08 bits per heavy atom. The van der Waals surface area contributed by atoms with Crippen LogP contribution in [0.15, 0.2) is 36.4 Å². The zero-order valence-corrected chi connectivity index (χ0v) is 15.7. The summed E-state index contributed by atoms with van der Waals surface area (Å²) in [6.07, 6.45) is 2.37. The summed E-state index contributed by atoms with van der Waals surface area (Å²) in [7, 11) is 3.33. The van der Waals surface area contributed by atoms with Crippen molar-refractivity contribution in [1.82, 2.24) is 0 Å². The van der Waals surface area contributed by atoms with Gasteiger partial charge < -0.3 is 19.7 Å². The van der Waals surface area contributed by atoms with Crippen molar-refractivity contribution in [3.05, 3.63) is 47.5 Å². The average molecular weight is 354 g/mol. The van der Waals surface area contributed by atoms with Crippen LogP contribution in [0.2, 0.25) is 0 Å². The minimum atomic E-state index is 0.0631. The monoisotopic (exact) mass is 354 g/mol. The van der Waals surface area contributed by atoms with Crippen LogP contribution in [-0.4, -0.2) is 26.7 Å². The minimum Gasteiger partial charge on any atom is -0.493 e. The second kappa shape index (κ2) is 8.13. The van der Waals surface area contributed by atoms with Crippen molar-refractivity contribution in [3.8, 4) is 11.5 Å². The van der Waals surface area contributed by atoms with E-state index < -0.39 is 0 Å². The maximum absolute atomic E-state index is 11.7. The molecule has 5 nitrogen and oxygen atoms in total. The molecule has 3 rings (SSSR count). The molecule has 1 aliphatic heterocycles. The molecule has 0 bridgehead atoms. The van der Waals surface area contributed by atoms with Gasteiger partial charge in [0.25, 0.3) is 0 Å². The van der Waals surface area contributed by atoms with Gasteiger partial charge in [-0.1, -0.05) is 6.92 Å². The molecule has 0 saturated carbocycles. The Morgan fingerprint density at radius 2 is 1.73 bits per heavy atom. The van der Waals surface area contributed by atoms with Gasteiger partial charge in [-0.05, 0) is 60.4 Å². The number of hydrogen-bond acceptors (Lipinski definition) is 4. The second-order valence-electron chi connectivity index (χ2n) is 6.49. The normalized spacial score (nSPS) is 13.1. The van der Waals surface area contributed by atoms with Crippen molar-refractivity contribution in [2.45, 2.75) is 32.7 Å². The summed E-state index contributed by atoms with van der Waals surface area (Å²) in [5.74, 6) is 1.61. The number of methoxy groups -OCH3 is 2. The Balaban J connectivity index is 1.73. The van der Waals surface area contributed by atoms with Gasteiger partial charge in [-0.15, -0.1) is 0 Å². The first-order valence-electron chi connectivity index (χ1n) is 9.03. The molecule has 0 fully saturated rings. The molecule has 2 aromatic carbocycles. The van der Waals surface area contributed by atoms with E-state index in [4.69, 9.17) is 9.47 Å². The van der Waals surface area contributed by atoms with Crippen LogP contribution in [0.4, 0.5) is 11.4 Å². The molecular formula is C21H26N2O3. The summed E-state index contributed by atoms with van der Waals surface area (Å²) in [5, 5.41) is 2.93. The van der Waals surface area contributed by atoms with E-state index in [1.807, 2.05) is 19.1 Å². The Bertz CT molecular complexity index is 772. The lowest BCUT2D eigenvalue weighted by Crippen LogP contribution is -2.30. The zero-order chi connectivity index (χ0) is 18.5. The molecule has 1 heterocycles. The highest BCUT2D eigenvalue weighted by molar-refractivity contribution is 5.90. The summed E-state index contributed by atoms with van der Waals surface area (Å²) < 4.78 is 10.8. The maximum atomic E-state index is 11.7. The summed E-state index contributed by atoms with van der Waals surface area (Å²) in [6, 6.07) is 12.2. The van der Waals surface area contributed by atoms with Crippen LogP contribution < -0.4 is 19.7 Å². The van der Waals surface area contributed by atoms with E-state index in [1.165, 1.54) is 11.1 Å². The van der Waals surface area contributed by atoms with Gasteiger partial charge in [-0.2, -0.15) is 0 Å². The van der Waals surface area contributed by atoms with E-state index in [0.717, 1.165) is 48.8 Å². The highest BCUT2D eigenvalue weighted by Crippen LogP contribution is 2.34. The fraction of sp³-hybridized carbons (Fsp3) is 0.381. The highest BCUT2D eigenvalue weighted by Gasteiger charge is 2.19. The second-order valence-corrected chi connectivity index (χ2v) is 6.49. The van der Waals surface area contributed by atoms with Gasteiger partial charge in [-0.3, -0.25) is 4.79 Å². The minimum absolute atomic E-state index is 0.0631. The van der Waals surface area contributed by atoms with Gasteiger partial charge >= 0.3 is 0 Å². The number of nitrogens with zero attached hydrogens (tertiary/aromatic N) is 1. The van der Waals surface area contributed by atoms with Crippen molar-refractivity contribution in [1.29, 1.82) is 0 Å². The van der Waals surface area contributed by atoms with Crippen molar-refractivity contribution < 1.29 is 14.3 Å². The van der Waals surface area contributed by atoms with E-state index in [1.54, 1.807) is 14.2 Å². The fourth-order valence-electron chi connectivity index (χ4n) is 3.31. The Morgan fingerprint density at radius 3 is 2.35 bits per heavy atom. The number of hydrogen-bond donors (Lipinski definition) is 1. The standard InChI is InChI=1S/C21H26N2O3/c1-4-5-21(24)22-17-6-8-18(9-7-17)23-11-10-15-12-19(25-2)20(26-3)13-16(15)14-23/h6-9,12-13H,4-5,10-11,14H2,1-3H3,(H,22,24). The van der Waals surface area contributed by atoms with Crippen LogP contribution in [0.1, 0.15) is 30.9 Å². The van der Waals surface area contributed by atoms with Crippen LogP contribution in [0.5, 0.6) is 11.5 Å². The average Bonchev–Trinajstić information content (AvgIpc) is 2.67. The lowest BCUT2D eigenvalue weighted by Gasteiger charge is -2.31. The Labute approximate surface area is 154 Å². The first-order valence-corrected chi connectivity index (χ1v) is 9.03. The lowest BCUT2D eigenvalue weighted by molar-refractivity contribution is -0.116. The molecule has 0 saturated heterocycles. The van der Waals surface area contributed by atoms with E-state index in [0.29, 0.717) is 6.42 Å². The number of ether oxygens (including phenoxy) is 2. The predicted octanol–water partition coefficient (Wildman–Crippen LogP) is 4.01. The number of benzene rings is 2. The van der Waals surface area contributed by atoms with Crippen molar-refractivity contribution >= 4 is 17.3 Å². The van der Waals surface area contributed by atoms with Crippen molar-refractivity contribution in [2.24, 2.45) is 0 Å². The predicted molar refractivity (Wildman–Crippen MR) is 104 cm³/mol. The van der Waals surface area contributed by atoms with E-state index in [-0.39, 0.29) is 5.91 Å². The lowest BCUT2D eigenvalue weighted by atomic mass is 9.98. The number of fused-ring (bicyclic) bond motifs is 1. The van der Waals surface area contributed by atoms with Gasteiger partial charge in [0.2, 0.25) is 5.91 Å². The fourth-order valence-corrected chi connectivity index (χ4v) is 3.31. The van der Waals surface area contributed by atoms with E-state index in [2.05, 4.69) is 34.5 Å². The molecule has 0 aromatic heterocycles. The summed E-state index contributed by atoms with van der Waals surface area (Å²) >= 11 is 0. The van der Waals surface area contributed by atoms with Crippen molar-refractivity contribution in [2.75, 3.05) is 31.0 Å². The molecule has 0 atom stereocenters. The Hall–Kier alpha value is -2.69. The quantitative estimate of drug-likeness (QED) is 0.852. The summed E-state index contributed by atoms with van der Waals surface area (Å²) in [6.45, 7) is 3.78. The van der Waals surface area contributed by atoms with Gasteiger partial charge in [0, 0.05) is 30.9 Å². The number of nitrogens with one attached hydrogen (secondary N) is 1. The SMILES string of the molecule is CCCC(=O)Nc1ccc(N2CCc3cc(OC)c(OC)cc3C2)cc1. The van der Waals surface area contributed by atoms with Crippen LogP contribution in [-0.2, 0) is 17.8 Å². The molecule has 0 aliphatic carbocycles. The third-order valence-corrected chi connectivity index (χ3v) is 4.71. The topological polar surface area (TPSA) is 50.8 Å². The molecule has 1 amide bonds. The van der Waals surface area contributed by atoms with Crippen molar-refractivity contribution in [3.63, 3.8) is 0 Å². The van der Waals surface area contributed by atoms with Crippen LogP contribution in [0.3, 0.4) is 0 Å². The van der Waals surface area contributed by atoms with Crippen LogP contribution in [0, 0.1) is 0 Å². The maximum Gasteiger partial charge on any atom is 0.224 e. The first-order chi connectivity index (χ1) is 12.6. The molecule has 26 heavy (non-hydrogen) atoms. The van der Waals surface area contributed by atoms with Gasteiger partial charge in [0.1, 0.15) is 0 Å². The van der Waals surface area contributed by atoms with Crippen LogP contribution in [0.25, 0.3) is 0 Å². The summed E-state index contributed by atoms with van der Waals surface area (Å²) in [5.41, 5.74) is 4.56. The molecule has 0 unspecified atom stereocenters. The number of carbonyl (C=O) groups is 1. The van der Waals surface area contributed by atoms with Gasteiger partial charge in [0.15, 0.2) is 11.5 Å². The largest absolute Gasteiger partial charge is 0.493 e. The van der Waals surface area contributed by atoms with Gasteiger partial charge in [-0.25, -0.2) is 0 Å². The van der Waals surface area contributed by atoms with E-state index in [9.17, 15) is 4.79 Å². The molecule has 1 N–H and O–H groups in total. The van der Waals surface area contributed by atoms with Gasteiger partial charge in [0.05, 0.1) is 14.2 Å². The third kappa shape index (κ3) is 3.93. The molecular weight excluding hydrogens is 328 g/mol. The van der Waals surface area contributed by atoms with Crippen LogP contribution >= 0.6 is 0 Å².